The Kier molecular flexibility index (Phi) is 3.10. The number of hydrogen-bond donors (Lipinski definition) is 1. The zero-order chi connectivity index (χ0) is 8.97. The Morgan fingerprint density at radius 2 is 2.33 bits per heavy atom. The van der Waals surface area contributed by atoms with Crippen molar-refractivity contribution in [2.24, 2.45) is 5.73 Å². The molecule has 63 valence electrons. The van der Waals surface area contributed by atoms with Crippen LogP contribution >= 0.6 is 15.9 Å². The van der Waals surface area contributed by atoms with Gasteiger partial charge in [0.2, 0.25) is 0 Å². The average molecular weight is 229 g/mol. The van der Waals surface area contributed by atoms with Gasteiger partial charge in [-0.3, -0.25) is 0 Å². The van der Waals surface area contributed by atoms with E-state index in [-0.39, 0.29) is 0 Å². The van der Waals surface area contributed by atoms with Gasteiger partial charge in [0.15, 0.2) is 6.61 Å². The molecule has 0 unspecified atom stereocenters. The molecule has 1 rings (SSSR count). The molecule has 0 heterocycles. The fraction of sp³-hybridized carbons (Fsp3) is 0. The Labute approximate surface area is 78.6 Å². The lowest BCUT2D eigenvalue weighted by Crippen LogP contribution is -2.11. The highest BCUT2D eigenvalue weighted by atomic mass is 79.9. The Bertz CT molecular complexity index is 288. The highest BCUT2D eigenvalue weighted by Gasteiger charge is 1.97. The monoisotopic (exact) mass is 228 g/mol. The second-order valence-corrected chi connectivity index (χ2v) is 3.03. The van der Waals surface area contributed by atoms with Crippen LogP contribution in [0.2, 0.25) is 0 Å². The lowest BCUT2D eigenvalue weighted by Gasteiger charge is -1.99. The van der Waals surface area contributed by atoms with Crippen molar-refractivity contribution in [3.05, 3.63) is 40.9 Å². The number of amides is 1. The molecule has 4 heteroatoms. The summed E-state index contributed by atoms with van der Waals surface area (Å²) in [7, 11) is 0. The summed E-state index contributed by atoms with van der Waals surface area (Å²) in [6, 6.07) is 7.32. The van der Waals surface area contributed by atoms with Gasteiger partial charge in [0.05, 0.1) is 0 Å². The Hall–Kier alpha value is -1.03. The fourth-order valence-electron chi connectivity index (χ4n) is 0.706. The van der Waals surface area contributed by atoms with Crippen LogP contribution in [0.15, 0.2) is 28.7 Å². The van der Waals surface area contributed by atoms with Gasteiger partial charge in [0.1, 0.15) is 0 Å². The molecule has 0 aromatic heterocycles. The van der Waals surface area contributed by atoms with E-state index in [0.717, 1.165) is 10.0 Å². The summed E-state index contributed by atoms with van der Waals surface area (Å²) in [6.45, 7) is 1.30. The number of hydrogen-bond acceptors (Lipinski definition) is 2. The Balaban J connectivity index is 2.57. The van der Waals surface area contributed by atoms with Gasteiger partial charge in [-0.25, -0.2) is 4.79 Å². The summed E-state index contributed by atoms with van der Waals surface area (Å²) in [5, 5.41) is 0. The highest BCUT2D eigenvalue weighted by molar-refractivity contribution is 9.10. The lowest BCUT2D eigenvalue weighted by atomic mass is 10.2. The highest BCUT2D eigenvalue weighted by Crippen LogP contribution is 2.12. The lowest BCUT2D eigenvalue weighted by molar-refractivity contribution is 0.186. The molecule has 3 nitrogen and oxygen atoms in total. The van der Waals surface area contributed by atoms with Crippen molar-refractivity contribution in [1.82, 2.24) is 0 Å². The summed E-state index contributed by atoms with van der Waals surface area (Å²) >= 11 is 3.28. The number of ether oxygens (including phenoxy) is 1. The third-order valence-electron chi connectivity index (χ3n) is 1.16. The number of carbonyl (C=O) groups excluding carboxylic acids is 1. The minimum absolute atomic E-state index is 0.781. The van der Waals surface area contributed by atoms with Crippen LogP contribution in [0.1, 0.15) is 5.56 Å². The van der Waals surface area contributed by atoms with Gasteiger partial charge in [-0.05, 0) is 17.7 Å². The summed E-state index contributed by atoms with van der Waals surface area (Å²) in [4.78, 5) is 10.2. The van der Waals surface area contributed by atoms with Crippen molar-refractivity contribution in [1.29, 1.82) is 0 Å². The molecule has 0 aliphatic carbocycles. The third kappa shape index (κ3) is 2.92. The van der Waals surface area contributed by atoms with Crippen LogP contribution in [0.25, 0.3) is 0 Å². The standard InChI is InChI=1S/C8H7BrNO2/c9-7-3-1-2-6(4-7)5-12-8(10)11/h1-5H,(H2,10,11). The van der Waals surface area contributed by atoms with E-state index in [1.165, 1.54) is 6.61 Å². The topological polar surface area (TPSA) is 52.3 Å². The first-order chi connectivity index (χ1) is 5.68. The molecule has 12 heavy (non-hydrogen) atoms. The maximum absolute atomic E-state index is 10.2. The van der Waals surface area contributed by atoms with Gasteiger partial charge in [-0.15, -0.1) is 0 Å². The molecule has 0 spiro atoms. The van der Waals surface area contributed by atoms with E-state index in [1.807, 2.05) is 18.2 Å². The normalized spacial score (nSPS) is 9.42. The number of halogens is 1. The number of rotatable bonds is 2. The molecule has 0 saturated carbocycles. The van der Waals surface area contributed by atoms with Crippen LogP contribution < -0.4 is 5.73 Å². The van der Waals surface area contributed by atoms with Gasteiger partial charge >= 0.3 is 6.09 Å². The molecule has 1 radical (unpaired) electrons. The first kappa shape index (κ1) is 9.06. The zero-order valence-electron chi connectivity index (χ0n) is 6.16. The van der Waals surface area contributed by atoms with Crippen molar-refractivity contribution in [3.63, 3.8) is 0 Å². The smallest absolute Gasteiger partial charge is 0.405 e. The number of nitrogens with two attached hydrogens (primary N) is 1. The third-order valence-corrected chi connectivity index (χ3v) is 1.65. The molecular formula is C8H7BrNO2. The SMILES string of the molecule is NC(=O)O[CH]c1cccc(Br)c1. The van der Waals surface area contributed by atoms with E-state index < -0.39 is 6.09 Å². The van der Waals surface area contributed by atoms with Crippen molar-refractivity contribution in [2.75, 3.05) is 0 Å². The molecule has 1 aromatic rings. The molecule has 0 bridgehead atoms. The predicted octanol–water partition coefficient (Wildman–Crippen LogP) is 2.05. The summed E-state index contributed by atoms with van der Waals surface area (Å²) in [5.41, 5.74) is 5.55. The number of primary amides is 1. The molecular weight excluding hydrogens is 222 g/mol. The number of benzene rings is 1. The minimum Gasteiger partial charge on any atom is -0.437 e. The quantitative estimate of drug-likeness (QED) is 0.843. The van der Waals surface area contributed by atoms with E-state index in [1.54, 1.807) is 6.07 Å². The van der Waals surface area contributed by atoms with Crippen LogP contribution in [-0.2, 0) is 4.74 Å². The second kappa shape index (κ2) is 4.11. The summed E-state index contributed by atoms with van der Waals surface area (Å²) in [6.07, 6.45) is -0.810. The van der Waals surface area contributed by atoms with Crippen LogP contribution in [0.5, 0.6) is 0 Å². The van der Waals surface area contributed by atoms with Crippen molar-refractivity contribution < 1.29 is 9.53 Å². The van der Waals surface area contributed by atoms with Crippen LogP contribution in [0, 0.1) is 6.61 Å². The first-order valence-electron chi connectivity index (χ1n) is 3.23. The van der Waals surface area contributed by atoms with E-state index in [4.69, 9.17) is 5.73 Å². The molecule has 1 amide bonds. The largest absolute Gasteiger partial charge is 0.437 e. The second-order valence-electron chi connectivity index (χ2n) is 2.11. The van der Waals surface area contributed by atoms with Crippen molar-refractivity contribution >= 4 is 22.0 Å². The fourth-order valence-corrected chi connectivity index (χ4v) is 1.12. The van der Waals surface area contributed by atoms with Crippen LogP contribution in [0.4, 0.5) is 4.79 Å². The molecule has 0 fully saturated rings. The summed E-state index contributed by atoms with van der Waals surface area (Å²) < 4.78 is 5.40. The first-order valence-corrected chi connectivity index (χ1v) is 4.02. The summed E-state index contributed by atoms with van der Waals surface area (Å²) in [5.74, 6) is 0. The van der Waals surface area contributed by atoms with E-state index in [9.17, 15) is 4.79 Å². The predicted molar refractivity (Wildman–Crippen MR) is 48.2 cm³/mol. The molecule has 0 aliphatic heterocycles. The molecule has 1 aromatic carbocycles. The van der Waals surface area contributed by atoms with E-state index in [2.05, 4.69) is 20.7 Å². The van der Waals surface area contributed by atoms with Crippen LogP contribution in [0.3, 0.4) is 0 Å². The number of carbonyl (C=O) groups is 1. The van der Waals surface area contributed by atoms with Crippen molar-refractivity contribution in [2.45, 2.75) is 0 Å². The van der Waals surface area contributed by atoms with Gasteiger partial charge in [-0.1, -0.05) is 28.1 Å². The van der Waals surface area contributed by atoms with Gasteiger partial charge in [-0.2, -0.15) is 0 Å². The maximum Gasteiger partial charge on any atom is 0.405 e. The molecule has 0 aliphatic rings. The zero-order valence-corrected chi connectivity index (χ0v) is 7.74. The Morgan fingerprint density at radius 3 is 2.92 bits per heavy atom. The molecule has 0 atom stereocenters. The van der Waals surface area contributed by atoms with Gasteiger partial charge in [0, 0.05) is 4.47 Å². The minimum atomic E-state index is -0.810. The van der Waals surface area contributed by atoms with E-state index >= 15 is 0 Å². The van der Waals surface area contributed by atoms with E-state index in [0.29, 0.717) is 0 Å². The maximum atomic E-state index is 10.2. The molecule has 0 saturated heterocycles. The Morgan fingerprint density at radius 1 is 1.58 bits per heavy atom. The molecule has 2 N–H and O–H groups in total. The average Bonchev–Trinajstić information content (AvgIpc) is 2.01. The van der Waals surface area contributed by atoms with Crippen LogP contribution in [-0.4, -0.2) is 6.09 Å². The van der Waals surface area contributed by atoms with Crippen molar-refractivity contribution in [3.8, 4) is 0 Å². The van der Waals surface area contributed by atoms with Gasteiger partial charge < -0.3 is 10.5 Å². The van der Waals surface area contributed by atoms with Gasteiger partial charge in [0.25, 0.3) is 0 Å².